The Hall–Kier alpha value is -0.120. The van der Waals surface area contributed by atoms with Crippen LogP contribution >= 0.6 is 0 Å². The summed E-state index contributed by atoms with van der Waals surface area (Å²) in [6.07, 6.45) is 3.94. The first-order valence-corrected chi connectivity index (χ1v) is 7.50. The fraction of sp³-hybridized carbons (Fsp3) is 1.00. The molecule has 0 spiro atoms. The molecular weight excluding hydrogens is 222 g/mol. The summed E-state index contributed by atoms with van der Waals surface area (Å²) in [6, 6.07) is 0.633. The normalized spacial score (nSPS) is 23.3. The first-order chi connectivity index (χ1) is 8.39. The Labute approximate surface area is 114 Å². The molecule has 0 bridgehead atoms. The van der Waals surface area contributed by atoms with E-state index in [2.05, 4.69) is 50.0 Å². The van der Waals surface area contributed by atoms with Crippen LogP contribution in [0.3, 0.4) is 0 Å². The molecule has 1 saturated heterocycles. The Morgan fingerprint density at radius 2 is 1.94 bits per heavy atom. The van der Waals surface area contributed by atoms with Gasteiger partial charge in [-0.2, -0.15) is 0 Å². The topological polar surface area (TPSA) is 18.5 Å². The molecule has 1 aliphatic heterocycles. The van der Waals surface area contributed by atoms with Gasteiger partial charge in [-0.25, -0.2) is 0 Å². The Bertz CT molecular complexity index is 220. The first-order valence-electron chi connectivity index (χ1n) is 7.50. The quantitative estimate of drug-likeness (QED) is 0.759. The van der Waals surface area contributed by atoms with Gasteiger partial charge in [-0.05, 0) is 65.0 Å². The zero-order valence-corrected chi connectivity index (χ0v) is 13.1. The summed E-state index contributed by atoms with van der Waals surface area (Å²) in [5.74, 6) is 0. The van der Waals surface area contributed by atoms with E-state index in [1.54, 1.807) is 0 Å². The third-order valence-corrected chi connectivity index (χ3v) is 3.86. The van der Waals surface area contributed by atoms with Crippen LogP contribution in [-0.2, 0) is 0 Å². The van der Waals surface area contributed by atoms with E-state index >= 15 is 0 Å². The Balaban J connectivity index is 2.31. The molecule has 0 saturated carbocycles. The summed E-state index contributed by atoms with van der Waals surface area (Å²) in [4.78, 5) is 4.94. The molecule has 1 atom stereocenters. The van der Waals surface area contributed by atoms with Crippen molar-refractivity contribution in [1.29, 1.82) is 0 Å². The number of rotatable bonds is 5. The van der Waals surface area contributed by atoms with Crippen molar-refractivity contribution in [2.75, 3.05) is 46.8 Å². The van der Waals surface area contributed by atoms with Gasteiger partial charge in [0.2, 0.25) is 0 Å². The van der Waals surface area contributed by atoms with Crippen LogP contribution in [0.4, 0.5) is 0 Å². The molecule has 1 heterocycles. The molecule has 0 aromatic heterocycles. The van der Waals surface area contributed by atoms with Gasteiger partial charge in [0.15, 0.2) is 0 Å². The van der Waals surface area contributed by atoms with Crippen molar-refractivity contribution < 1.29 is 0 Å². The summed E-state index contributed by atoms with van der Waals surface area (Å²) in [6.45, 7) is 13.2. The molecule has 1 aliphatic rings. The Kier molecular flexibility index (Phi) is 6.61. The standard InChI is InChI=1S/C15H33N3/c1-15(2,3)14-13-18(12-8-9-16-14)11-7-6-10-17(4)5/h14,16H,6-13H2,1-5H3. The van der Waals surface area contributed by atoms with E-state index in [9.17, 15) is 0 Å². The Morgan fingerprint density at radius 3 is 2.56 bits per heavy atom. The van der Waals surface area contributed by atoms with Gasteiger partial charge >= 0.3 is 0 Å². The SMILES string of the molecule is CN(C)CCCCN1CCCNC(C(C)(C)C)C1. The fourth-order valence-electron chi connectivity index (χ4n) is 2.54. The monoisotopic (exact) mass is 255 g/mol. The molecule has 3 nitrogen and oxygen atoms in total. The third kappa shape index (κ3) is 6.17. The Morgan fingerprint density at radius 1 is 1.22 bits per heavy atom. The van der Waals surface area contributed by atoms with Gasteiger partial charge in [-0.3, -0.25) is 0 Å². The number of hydrogen-bond acceptors (Lipinski definition) is 3. The predicted octanol–water partition coefficient (Wildman–Crippen LogP) is 2.04. The number of unbranched alkanes of at least 4 members (excludes halogenated alkanes) is 1. The van der Waals surface area contributed by atoms with Crippen LogP contribution in [0, 0.1) is 5.41 Å². The maximum atomic E-state index is 3.71. The van der Waals surface area contributed by atoms with Crippen LogP contribution in [0.25, 0.3) is 0 Å². The summed E-state index contributed by atoms with van der Waals surface area (Å²) in [5.41, 5.74) is 0.367. The van der Waals surface area contributed by atoms with E-state index in [1.165, 1.54) is 52.0 Å². The molecular formula is C15H33N3. The molecule has 3 heteroatoms. The van der Waals surface area contributed by atoms with Crippen molar-refractivity contribution in [2.45, 2.75) is 46.1 Å². The summed E-state index contributed by atoms with van der Waals surface area (Å²) in [5, 5.41) is 3.71. The van der Waals surface area contributed by atoms with Gasteiger partial charge in [-0.1, -0.05) is 20.8 Å². The summed E-state index contributed by atoms with van der Waals surface area (Å²) < 4.78 is 0. The van der Waals surface area contributed by atoms with Crippen LogP contribution in [0.15, 0.2) is 0 Å². The molecule has 0 aliphatic carbocycles. The largest absolute Gasteiger partial charge is 0.312 e. The van der Waals surface area contributed by atoms with E-state index in [0.29, 0.717) is 11.5 Å². The van der Waals surface area contributed by atoms with Gasteiger partial charge in [-0.15, -0.1) is 0 Å². The lowest BCUT2D eigenvalue weighted by molar-refractivity contribution is 0.193. The van der Waals surface area contributed by atoms with E-state index in [0.717, 1.165) is 0 Å². The number of nitrogens with one attached hydrogen (secondary N) is 1. The highest BCUT2D eigenvalue weighted by Gasteiger charge is 2.27. The van der Waals surface area contributed by atoms with Gasteiger partial charge in [0.05, 0.1) is 0 Å². The van der Waals surface area contributed by atoms with Crippen LogP contribution < -0.4 is 5.32 Å². The molecule has 1 rings (SSSR count). The van der Waals surface area contributed by atoms with Crippen molar-refractivity contribution in [3.05, 3.63) is 0 Å². The lowest BCUT2D eigenvalue weighted by Gasteiger charge is -2.33. The molecule has 1 fully saturated rings. The van der Waals surface area contributed by atoms with Gasteiger partial charge in [0.25, 0.3) is 0 Å². The van der Waals surface area contributed by atoms with Crippen molar-refractivity contribution in [1.82, 2.24) is 15.1 Å². The van der Waals surface area contributed by atoms with Crippen LogP contribution in [0.2, 0.25) is 0 Å². The van der Waals surface area contributed by atoms with E-state index in [-0.39, 0.29) is 0 Å². The van der Waals surface area contributed by atoms with E-state index < -0.39 is 0 Å². The second kappa shape index (κ2) is 7.46. The summed E-state index contributed by atoms with van der Waals surface area (Å²) in [7, 11) is 4.32. The maximum Gasteiger partial charge on any atom is 0.0243 e. The minimum Gasteiger partial charge on any atom is -0.312 e. The zero-order valence-electron chi connectivity index (χ0n) is 13.1. The molecule has 0 amide bonds. The number of hydrogen-bond donors (Lipinski definition) is 1. The second-order valence-corrected chi connectivity index (χ2v) is 7.04. The average Bonchev–Trinajstić information content (AvgIpc) is 2.48. The summed E-state index contributed by atoms with van der Waals surface area (Å²) >= 11 is 0. The lowest BCUT2D eigenvalue weighted by Crippen LogP contribution is -2.46. The second-order valence-electron chi connectivity index (χ2n) is 7.04. The van der Waals surface area contributed by atoms with Gasteiger partial charge in [0.1, 0.15) is 0 Å². The minimum absolute atomic E-state index is 0.367. The van der Waals surface area contributed by atoms with Crippen LogP contribution in [0.1, 0.15) is 40.0 Å². The maximum absolute atomic E-state index is 3.71. The van der Waals surface area contributed by atoms with Crippen molar-refractivity contribution in [3.8, 4) is 0 Å². The average molecular weight is 255 g/mol. The van der Waals surface area contributed by atoms with Crippen molar-refractivity contribution >= 4 is 0 Å². The van der Waals surface area contributed by atoms with Crippen molar-refractivity contribution in [3.63, 3.8) is 0 Å². The number of nitrogens with zero attached hydrogens (tertiary/aromatic N) is 2. The molecule has 1 N–H and O–H groups in total. The molecule has 1 unspecified atom stereocenters. The molecule has 108 valence electrons. The van der Waals surface area contributed by atoms with Gasteiger partial charge in [0, 0.05) is 12.6 Å². The first kappa shape index (κ1) is 15.9. The van der Waals surface area contributed by atoms with Crippen LogP contribution in [0.5, 0.6) is 0 Å². The van der Waals surface area contributed by atoms with E-state index in [4.69, 9.17) is 0 Å². The highest BCUT2D eigenvalue weighted by molar-refractivity contribution is 4.85. The highest BCUT2D eigenvalue weighted by atomic mass is 15.2. The molecule has 0 aromatic carbocycles. The smallest absolute Gasteiger partial charge is 0.0243 e. The molecule has 18 heavy (non-hydrogen) atoms. The predicted molar refractivity (Wildman–Crippen MR) is 80.1 cm³/mol. The highest BCUT2D eigenvalue weighted by Crippen LogP contribution is 2.21. The zero-order chi connectivity index (χ0) is 13.6. The van der Waals surface area contributed by atoms with Crippen LogP contribution in [-0.4, -0.2) is 62.7 Å². The van der Waals surface area contributed by atoms with Gasteiger partial charge < -0.3 is 15.1 Å². The molecule has 0 radical (unpaired) electrons. The van der Waals surface area contributed by atoms with E-state index in [1.807, 2.05) is 0 Å². The lowest BCUT2D eigenvalue weighted by atomic mass is 9.86. The minimum atomic E-state index is 0.367. The molecule has 0 aromatic rings. The van der Waals surface area contributed by atoms with Crippen molar-refractivity contribution in [2.24, 2.45) is 5.41 Å². The third-order valence-electron chi connectivity index (χ3n) is 3.86. The fourth-order valence-corrected chi connectivity index (χ4v) is 2.54.